The van der Waals surface area contributed by atoms with Crippen molar-refractivity contribution >= 4 is 23.6 Å². The monoisotopic (exact) mass is 391 g/mol. The van der Waals surface area contributed by atoms with Gasteiger partial charge in [-0.2, -0.15) is 11.8 Å². The Balaban J connectivity index is 1.95. The largest absolute Gasteiger partial charge is 0.356 e. The van der Waals surface area contributed by atoms with Crippen LogP contribution in [0.3, 0.4) is 0 Å². The van der Waals surface area contributed by atoms with Crippen LogP contribution >= 0.6 is 11.8 Å². The van der Waals surface area contributed by atoms with Gasteiger partial charge in [-0.1, -0.05) is 37.3 Å². The maximum atomic E-state index is 12.4. The highest BCUT2D eigenvalue weighted by atomic mass is 32.2. The van der Waals surface area contributed by atoms with Gasteiger partial charge >= 0.3 is 0 Å². The Kier molecular flexibility index (Phi) is 10.3. The second-order valence-corrected chi connectivity index (χ2v) is 8.36. The number of amides is 2. The zero-order valence-electron chi connectivity index (χ0n) is 16.4. The van der Waals surface area contributed by atoms with Gasteiger partial charge in [-0.25, -0.2) is 0 Å². The molecule has 1 atom stereocenters. The molecular formula is C21H33N3O2S. The van der Waals surface area contributed by atoms with Gasteiger partial charge in [0.25, 0.3) is 0 Å². The summed E-state index contributed by atoms with van der Waals surface area (Å²) < 4.78 is 0. The SMILES string of the molecule is CCSCCN1CCCNC(=O)CCC(c2ccccc2)CCNC(=O)C1. The predicted molar refractivity (Wildman–Crippen MR) is 113 cm³/mol. The van der Waals surface area contributed by atoms with Gasteiger partial charge in [-0.15, -0.1) is 0 Å². The van der Waals surface area contributed by atoms with E-state index in [1.54, 1.807) is 0 Å². The summed E-state index contributed by atoms with van der Waals surface area (Å²) in [6.45, 7) is 5.66. The number of thioether (sulfide) groups is 1. The number of nitrogens with one attached hydrogen (secondary N) is 2. The third-order valence-electron chi connectivity index (χ3n) is 4.90. The lowest BCUT2D eigenvalue weighted by molar-refractivity contribution is -0.123. The molecule has 1 saturated heterocycles. The maximum Gasteiger partial charge on any atom is 0.234 e. The molecule has 0 radical (unpaired) electrons. The van der Waals surface area contributed by atoms with E-state index in [0.29, 0.717) is 26.1 Å². The highest BCUT2D eigenvalue weighted by Gasteiger charge is 2.16. The molecule has 2 rings (SSSR count). The molecule has 150 valence electrons. The Bertz CT molecular complexity index is 568. The predicted octanol–water partition coefficient (Wildman–Crippen LogP) is 2.63. The van der Waals surface area contributed by atoms with Crippen LogP contribution in [0.25, 0.3) is 0 Å². The molecule has 1 heterocycles. The first-order valence-corrected chi connectivity index (χ1v) is 11.2. The number of benzene rings is 1. The van der Waals surface area contributed by atoms with Crippen molar-refractivity contribution in [3.8, 4) is 0 Å². The first-order chi connectivity index (χ1) is 13.2. The first kappa shape index (κ1) is 21.8. The summed E-state index contributed by atoms with van der Waals surface area (Å²) in [6, 6.07) is 10.3. The molecule has 2 amide bonds. The molecule has 0 saturated carbocycles. The summed E-state index contributed by atoms with van der Waals surface area (Å²) in [4.78, 5) is 26.7. The molecule has 1 fully saturated rings. The van der Waals surface area contributed by atoms with Crippen molar-refractivity contribution in [2.75, 3.05) is 44.2 Å². The van der Waals surface area contributed by atoms with Crippen molar-refractivity contribution in [3.05, 3.63) is 35.9 Å². The van der Waals surface area contributed by atoms with Gasteiger partial charge in [0.1, 0.15) is 0 Å². The van der Waals surface area contributed by atoms with E-state index in [0.717, 1.165) is 43.9 Å². The molecule has 6 heteroatoms. The van der Waals surface area contributed by atoms with Gasteiger partial charge in [0.05, 0.1) is 6.54 Å². The van der Waals surface area contributed by atoms with Gasteiger partial charge in [0, 0.05) is 38.4 Å². The third-order valence-corrected chi connectivity index (χ3v) is 5.78. The number of carbonyl (C=O) groups excluding carboxylic acids is 2. The van der Waals surface area contributed by atoms with Crippen molar-refractivity contribution in [3.63, 3.8) is 0 Å². The van der Waals surface area contributed by atoms with Crippen molar-refractivity contribution in [1.82, 2.24) is 15.5 Å². The number of nitrogens with zero attached hydrogens (tertiary/aromatic N) is 1. The van der Waals surface area contributed by atoms with E-state index in [4.69, 9.17) is 0 Å². The molecule has 1 aromatic carbocycles. The van der Waals surface area contributed by atoms with Crippen LogP contribution in [0.4, 0.5) is 0 Å². The Morgan fingerprint density at radius 2 is 1.85 bits per heavy atom. The minimum atomic E-state index is 0.101. The van der Waals surface area contributed by atoms with Crippen LogP contribution in [0.15, 0.2) is 30.3 Å². The second-order valence-electron chi connectivity index (χ2n) is 6.96. The number of rotatable bonds is 5. The van der Waals surface area contributed by atoms with Gasteiger partial charge in [0.15, 0.2) is 0 Å². The summed E-state index contributed by atoms with van der Waals surface area (Å²) in [7, 11) is 0. The fourth-order valence-corrected chi connectivity index (χ4v) is 4.06. The minimum Gasteiger partial charge on any atom is -0.356 e. The van der Waals surface area contributed by atoms with E-state index in [1.807, 2.05) is 30.0 Å². The third kappa shape index (κ3) is 8.80. The van der Waals surface area contributed by atoms with E-state index in [-0.39, 0.29) is 17.7 Å². The first-order valence-electron chi connectivity index (χ1n) is 10.1. The van der Waals surface area contributed by atoms with Gasteiger partial charge in [-0.05, 0) is 36.5 Å². The number of hydrogen-bond acceptors (Lipinski definition) is 4. The quantitative estimate of drug-likeness (QED) is 0.758. The lowest BCUT2D eigenvalue weighted by atomic mass is 9.91. The molecular weight excluding hydrogens is 358 g/mol. The summed E-state index contributed by atoms with van der Waals surface area (Å²) >= 11 is 1.89. The maximum absolute atomic E-state index is 12.4. The topological polar surface area (TPSA) is 61.4 Å². The number of carbonyl (C=O) groups is 2. The highest BCUT2D eigenvalue weighted by molar-refractivity contribution is 7.99. The lowest BCUT2D eigenvalue weighted by Gasteiger charge is -2.23. The second kappa shape index (κ2) is 12.8. The van der Waals surface area contributed by atoms with Crippen LogP contribution in [0.2, 0.25) is 0 Å². The lowest BCUT2D eigenvalue weighted by Crippen LogP contribution is -2.40. The smallest absolute Gasteiger partial charge is 0.234 e. The van der Waals surface area contributed by atoms with Crippen molar-refractivity contribution in [2.45, 2.75) is 38.5 Å². The van der Waals surface area contributed by atoms with Crippen LogP contribution in [0.5, 0.6) is 0 Å². The molecule has 5 nitrogen and oxygen atoms in total. The van der Waals surface area contributed by atoms with Gasteiger partial charge < -0.3 is 10.6 Å². The van der Waals surface area contributed by atoms with Gasteiger partial charge in [0.2, 0.25) is 11.8 Å². The Morgan fingerprint density at radius 1 is 1.07 bits per heavy atom. The normalized spacial score (nSPS) is 21.1. The molecule has 2 N–H and O–H groups in total. The van der Waals surface area contributed by atoms with Crippen LogP contribution in [0.1, 0.15) is 44.1 Å². The molecule has 0 bridgehead atoms. The number of hydrogen-bond donors (Lipinski definition) is 2. The van der Waals surface area contributed by atoms with Gasteiger partial charge in [-0.3, -0.25) is 14.5 Å². The average molecular weight is 392 g/mol. The van der Waals surface area contributed by atoms with E-state index >= 15 is 0 Å². The van der Waals surface area contributed by atoms with E-state index in [1.165, 1.54) is 5.56 Å². The molecule has 0 aromatic heterocycles. The van der Waals surface area contributed by atoms with Crippen molar-refractivity contribution < 1.29 is 9.59 Å². The van der Waals surface area contributed by atoms with E-state index in [2.05, 4.69) is 34.6 Å². The van der Waals surface area contributed by atoms with E-state index in [9.17, 15) is 9.59 Å². The zero-order valence-corrected chi connectivity index (χ0v) is 17.2. The molecule has 0 aliphatic carbocycles. The fraction of sp³-hybridized carbons (Fsp3) is 0.619. The molecule has 1 unspecified atom stereocenters. The zero-order chi connectivity index (χ0) is 19.3. The Hall–Kier alpha value is -1.53. The fourth-order valence-electron chi connectivity index (χ4n) is 3.38. The molecule has 1 aromatic rings. The standard InChI is InChI=1S/C21H33N3O2S/c1-2-27-16-15-24-14-6-12-22-20(25)10-9-19(11-13-23-21(26)17-24)18-7-4-3-5-8-18/h3-5,7-8,19H,2,6,9-17H2,1H3,(H,22,25)(H,23,26). The summed E-state index contributed by atoms with van der Waals surface area (Å²) in [5.41, 5.74) is 1.24. The summed E-state index contributed by atoms with van der Waals surface area (Å²) in [5.74, 6) is 2.65. The molecule has 1 aliphatic rings. The van der Waals surface area contributed by atoms with Crippen LogP contribution in [-0.2, 0) is 9.59 Å². The van der Waals surface area contributed by atoms with Crippen LogP contribution < -0.4 is 10.6 Å². The van der Waals surface area contributed by atoms with Crippen LogP contribution in [0, 0.1) is 0 Å². The Labute approximate surface area is 167 Å². The highest BCUT2D eigenvalue weighted by Crippen LogP contribution is 2.24. The summed E-state index contributed by atoms with van der Waals surface area (Å²) in [6.07, 6.45) is 3.07. The van der Waals surface area contributed by atoms with Crippen LogP contribution in [-0.4, -0.2) is 60.9 Å². The van der Waals surface area contributed by atoms with E-state index < -0.39 is 0 Å². The average Bonchev–Trinajstić information content (AvgIpc) is 2.68. The van der Waals surface area contributed by atoms with Crippen molar-refractivity contribution in [2.24, 2.45) is 0 Å². The summed E-state index contributed by atoms with van der Waals surface area (Å²) in [5, 5.41) is 6.12. The Morgan fingerprint density at radius 3 is 2.63 bits per heavy atom. The minimum absolute atomic E-state index is 0.101. The molecule has 27 heavy (non-hydrogen) atoms. The molecule has 0 spiro atoms. The van der Waals surface area contributed by atoms with Crippen molar-refractivity contribution in [1.29, 1.82) is 0 Å². The molecule has 1 aliphatic heterocycles.